The third-order valence-corrected chi connectivity index (χ3v) is 3.29. The predicted octanol–water partition coefficient (Wildman–Crippen LogP) is 4.61. The van der Waals surface area contributed by atoms with Crippen LogP contribution in [0.4, 0.5) is 5.69 Å². The second-order valence-electron chi connectivity index (χ2n) is 4.79. The van der Waals surface area contributed by atoms with Gasteiger partial charge in [0.2, 0.25) is 9.70 Å². The number of rotatable bonds is 5. The average molecular weight is 358 g/mol. The Morgan fingerprint density at radius 1 is 1.20 bits per heavy atom. The van der Waals surface area contributed by atoms with Gasteiger partial charge in [-0.25, -0.2) is 0 Å². The van der Waals surface area contributed by atoms with Crippen LogP contribution in [0.15, 0.2) is 24.3 Å². The summed E-state index contributed by atoms with van der Waals surface area (Å²) in [6, 6.07) is 6.88. The molecule has 0 aromatic heterocycles. The molecule has 0 aliphatic rings. The molecular weight excluding hydrogens is 342 g/mol. The summed E-state index contributed by atoms with van der Waals surface area (Å²) in [6.07, 6.45) is -0.473. The molecule has 0 radical (unpaired) electrons. The Kier molecular flexibility index (Phi) is 6.73. The van der Waals surface area contributed by atoms with Gasteiger partial charge in [0, 0.05) is 17.1 Å². The molecule has 0 saturated heterocycles. The molecule has 20 heavy (non-hydrogen) atoms. The SMILES string of the molecule is CC(C)CC(=O)NC(Nc1ccc(Cl)cc1)C(Cl)(Cl)Cl. The Morgan fingerprint density at radius 2 is 1.75 bits per heavy atom. The van der Waals surface area contributed by atoms with Crippen LogP contribution >= 0.6 is 46.4 Å². The van der Waals surface area contributed by atoms with Gasteiger partial charge >= 0.3 is 0 Å². The summed E-state index contributed by atoms with van der Waals surface area (Å²) < 4.78 is -1.67. The first kappa shape index (κ1) is 17.7. The quantitative estimate of drug-likeness (QED) is 0.596. The molecule has 2 N–H and O–H groups in total. The largest absolute Gasteiger partial charge is 0.362 e. The standard InChI is InChI=1S/C13H16Cl4N2O/c1-8(2)7-11(20)19-12(13(15,16)17)18-10-5-3-9(14)4-6-10/h3-6,8,12,18H,7H2,1-2H3,(H,19,20). The fourth-order valence-corrected chi connectivity index (χ4v) is 1.96. The van der Waals surface area contributed by atoms with E-state index in [1.165, 1.54) is 0 Å². The van der Waals surface area contributed by atoms with E-state index in [2.05, 4.69) is 10.6 Å². The van der Waals surface area contributed by atoms with Gasteiger partial charge in [0.15, 0.2) is 0 Å². The van der Waals surface area contributed by atoms with Crippen LogP contribution in [-0.2, 0) is 4.79 Å². The van der Waals surface area contributed by atoms with E-state index in [9.17, 15) is 4.79 Å². The lowest BCUT2D eigenvalue weighted by Gasteiger charge is -2.27. The molecule has 1 aromatic carbocycles. The van der Waals surface area contributed by atoms with E-state index >= 15 is 0 Å². The molecule has 7 heteroatoms. The molecule has 3 nitrogen and oxygen atoms in total. The van der Waals surface area contributed by atoms with Crippen LogP contribution in [0.3, 0.4) is 0 Å². The van der Waals surface area contributed by atoms with E-state index in [-0.39, 0.29) is 11.8 Å². The van der Waals surface area contributed by atoms with Gasteiger partial charge in [0.25, 0.3) is 0 Å². The van der Waals surface area contributed by atoms with Crippen molar-refractivity contribution >= 4 is 58.0 Å². The molecule has 0 heterocycles. The number of amides is 1. The molecule has 0 fully saturated rings. The van der Waals surface area contributed by atoms with Crippen molar-refractivity contribution in [2.24, 2.45) is 5.92 Å². The van der Waals surface area contributed by atoms with E-state index in [0.717, 1.165) is 0 Å². The second-order valence-corrected chi connectivity index (χ2v) is 7.60. The highest BCUT2D eigenvalue weighted by atomic mass is 35.6. The van der Waals surface area contributed by atoms with E-state index in [4.69, 9.17) is 46.4 Å². The molecule has 1 rings (SSSR count). The van der Waals surface area contributed by atoms with Crippen LogP contribution in [0, 0.1) is 5.92 Å². The minimum atomic E-state index is -1.67. The van der Waals surface area contributed by atoms with Crippen molar-refractivity contribution in [3.05, 3.63) is 29.3 Å². The van der Waals surface area contributed by atoms with Crippen molar-refractivity contribution in [1.82, 2.24) is 5.32 Å². The Bertz CT molecular complexity index is 443. The van der Waals surface area contributed by atoms with Crippen molar-refractivity contribution in [1.29, 1.82) is 0 Å². The van der Waals surface area contributed by atoms with Crippen LogP contribution in [-0.4, -0.2) is 15.9 Å². The Labute approximate surface area is 138 Å². The highest BCUT2D eigenvalue weighted by molar-refractivity contribution is 6.68. The molecule has 0 aliphatic heterocycles. The number of benzene rings is 1. The number of hydrogen-bond donors (Lipinski definition) is 2. The number of carbonyl (C=O) groups excluding carboxylic acids is 1. The predicted molar refractivity (Wildman–Crippen MR) is 86.8 cm³/mol. The monoisotopic (exact) mass is 356 g/mol. The van der Waals surface area contributed by atoms with Gasteiger partial charge in [-0.05, 0) is 30.2 Å². The van der Waals surface area contributed by atoms with Gasteiger partial charge in [-0.2, -0.15) is 0 Å². The summed E-state index contributed by atoms with van der Waals surface area (Å²) in [6.45, 7) is 3.88. The van der Waals surface area contributed by atoms with Crippen molar-refractivity contribution in [3.63, 3.8) is 0 Å². The van der Waals surface area contributed by atoms with E-state index in [0.29, 0.717) is 17.1 Å². The van der Waals surface area contributed by atoms with Gasteiger partial charge in [-0.1, -0.05) is 60.3 Å². The van der Waals surface area contributed by atoms with Crippen LogP contribution in [0.2, 0.25) is 5.02 Å². The molecule has 0 saturated carbocycles. The summed E-state index contributed by atoms with van der Waals surface area (Å²) in [4.78, 5) is 11.8. The highest BCUT2D eigenvalue weighted by Gasteiger charge is 2.34. The lowest BCUT2D eigenvalue weighted by atomic mass is 10.1. The Morgan fingerprint density at radius 3 is 2.20 bits per heavy atom. The maximum absolute atomic E-state index is 11.8. The summed E-state index contributed by atoms with van der Waals surface area (Å²) >= 11 is 23.5. The smallest absolute Gasteiger partial charge is 0.228 e. The summed E-state index contributed by atoms with van der Waals surface area (Å²) in [7, 11) is 0. The molecule has 1 atom stereocenters. The third-order valence-electron chi connectivity index (χ3n) is 2.38. The van der Waals surface area contributed by atoms with Crippen molar-refractivity contribution < 1.29 is 4.79 Å². The van der Waals surface area contributed by atoms with Crippen LogP contribution < -0.4 is 10.6 Å². The van der Waals surface area contributed by atoms with Crippen molar-refractivity contribution in [3.8, 4) is 0 Å². The highest BCUT2D eigenvalue weighted by Crippen LogP contribution is 2.31. The number of halogens is 4. The summed E-state index contributed by atoms with van der Waals surface area (Å²) in [5.41, 5.74) is 0.690. The van der Waals surface area contributed by atoms with Gasteiger partial charge in [0.05, 0.1) is 0 Å². The normalized spacial score (nSPS) is 13.2. The maximum Gasteiger partial charge on any atom is 0.228 e. The van der Waals surface area contributed by atoms with Crippen molar-refractivity contribution in [2.45, 2.75) is 30.2 Å². The number of carbonyl (C=O) groups is 1. The molecule has 1 unspecified atom stereocenters. The first-order valence-electron chi connectivity index (χ1n) is 6.06. The zero-order valence-corrected chi connectivity index (χ0v) is 14.1. The number of hydrogen-bond acceptors (Lipinski definition) is 2. The van der Waals surface area contributed by atoms with Crippen LogP contribution in [0.1, 0.15) is 20.3 Å². The lowest BCUT2D eigenvalue weighted by molar-refractivity contribution is -0.122. The molecule has 0 spiro atoms. The fraction of sp³-hybridized carbons (Fsp3) is 0.462. The van der Waals surface area contributed by atoms with Gasteiger partial charge in [0.1, 0.15) is 6.17 Å². The molecular formula is C13H16Cl4N2O. The molecule has 0 bridgehead atoms. The number of nitrogens with one attached hydrogen (secondary N) is 2. The molecule has 1 aromatic rings. The van der Waals surface area contributed by atoms with Crippen molar-refractivity contribution in [2.75, 3.05) is 5.32 Å². The Hall–Kier alpha value is -0.350. The first-order valence-corrected chi connectivity index (χ1v) is 7.58. The van der Waals surface area contributed by atoms with E-state index in [1.807, 2.05) is 13.8 Å². The topological polar surface area (TPSA) is 41.1 Å². The number of alkyl halides is 3. The van der Waals surface area contributed by atoms with Gasteiger partial charge < -0.3 is 10.6 Å². The fourth-order valence-electron chi connectivity index (χ4n) is 1.50. The van der Waals surface area contributed by atoms with Gasteiger partial charge in [-0.3, -0.25) is 4.79 Å². The average Bonchev–Trinajstić information content (AvgIpc) is 2.28. The molecule has 1 amide bonds. The zero-order valence-electron chi connectivity index (χ0n) is 11.1. The van der Waals surface area contributed by atoms with Crippen LogP contribution in [0.25, 0.3) is 0 Å². The first-order chi connectivity index (χ1) is 9.18. The van der Waals surface area contributed by atoms with Gasteiger partial charge in [-0.15, -0.1) is 0 Å². The van der Waals surface area contributed by atoms with E-state index < -0.39 is 9.96 Å². The maximum atomic E-state index is 11.8. The zero-order chi connectivity index (χ0) is 15.3. The number of anilines is 1. The molecule has 0 aliphatic carbocycles. The lowest BCUT2D eigenvalue weighted by Crippen LogP contribution is -2.49. The van der Waals surface area contributed by atoms with Crippen LogP contribution in [0.5, 0.6) is 0 Å². The third kappa shape index (κ3) is 6.40. The Balaban J connectivity index is 2.75. The minimum Gasteiger partial charge on any atom is -0.362 e. The molecule has 112 valence electrons. The summed E-state index contributed by atoms with van der Waals surface area (Å²) in [5.74, 6) is 0.0411. The minimum absolute atomic E-state index is 0.183. The summed E-state index contributed by atoms with van der Waals surface area (Å²) in [5, 5.41) is 6.24. The van der Waals surface area contributed by atoms with E-state index in [1.54, 1.807) is 24.3 Å². The second kappa shape index (κ2) is 7.60.